The quantitative estimate of drug-likeness (QED) is 0.796. The van der Waals surface area contributed by atoms with Crippen molar-refractivity contribution >= 4 is 21.9 Å². The summed E-state index contributed by atoms with van der Waals surface area (Å²) in [7, 11) is 0. The van der Waals surface area contributed by atoms with Crippen LogP contribution in [0.5, 0.6) is 0 Å². The first-order valence-electron chi connectivity index (χ1n) is 7.05. The van der Waals surface area contributed by atoms with E-state index < -0.39 is 5.92 Å². The minimum atomic E-state index is -0.542. The van der Waals surface area contributed by atoms with Crippen molar-refractivity contribution in [2.45, 2.75) is 32.2 Å². The predicted octanol–water partition coefficient (Wildman–Crippen LogP) is 2.68. The number of aromatic nitrogens is 3. The summed E-state index contributed by atoms with van der Waals surface area (Å²) in [4.78, 5) is 12.5. The summed E-state index contributed by atoms with van der Waals surface area (Å²) in [5.41, 5.74) is 0.859. The summed E-state index contributed by atoms with van der Waals surface area (Å²) in [6.45, 7) is 3.02. The molecule has 3 rings (SSSR count). The van der Waals surface area contributed by atoms with Crippen LogP contribution >= 0.6 is 15.9 Å². The first-order chi connectivity index (χ1) is 10.2. The van der Waals surface area contributed by atoms with E-state index in [0.717, 1.165) is 35.2 Å². The zero-order chi connectivity index (χ0) is 14.8. The summed E-state index contributed by atoms with van der Waals surface area (Å²) >= 11 is 3.52. The van der Waals surface area contributed by atoms with E-state index in [0.29, 0.717) is 12.4 Å². The van der Waals surface area contributed by atoms with Gasteiger partial charge in [-0.25, -0.2) is 0 Å². The number of hydrogen-bond acceptors (Lipinski definition) is 4. The van der Waals surface area contributed by atoms with Crippen molar-refractivity contribution in [3.63, 3.8) is 0 Å². The fraction of sp³-hybridized carbons (Fsp3) is 0.400. The van der Waals surface area contributed by atoms with Crippen molar-refractivity contribution in [3.8, 4) is 0 Å². The van der Waals surface area contributed by atoms with Gasteiger partial charge < -0.3 is 9.30 Å². The Morgan fingerprint density at radius 1 is 1.43 bits per heavy atom. The topological polar surface area (TPSA) is 57.0 Å². The van der Waals surface area contributed by atoms with Gasteiger partial charge in [0.25, 0.3) is 0 Å². The molecule has 1 aromatic heterocycles. The Morgan fingerprint density at radius 3 is 3.00 bits per heavy atom. The molecule has 1 unspecified atom stereocenters. The summed E-state index contributed by atoms with van der Waals surface area (Å²) in [5.74, 6) is 0.797. The lowest BCUT2D eigenvalue weighted by Crippen LogP contribution is -2.21. The van der Waals surface area contributed by atoms with Gasteiger partial charge in [-0.2, -0.15) is 0 Å². The lowest BCUT2D eigenvalue weighted by molar-refractivity contribution is -0.144. The van der Waals surface area contributed by atoms with E-state index in [9.17, 15) is 4.79 Å². The van der Waals surface area contributed by atoms with Crippen molar-refractivity contribution in [2.75, 3.05) is 6.61 Å². The van der Waals surface area contributed by atoms with Gasteiger partial charge in [-0.05, 0) is 25.0 Å². The second-order valence-corrected chi connectivity index (χ2v) is 5.79. The van der Waals surface area contributed by atoms with Crippen molar-refractivity contribution in [1.82, 2.24) is 14.8 Å². The molecule has 0 saturated carbocycles. The SMILES string of the molecule is CCOC(=O)C(c1ccccc1Br)c1nnc2n1CCC2. The molecule has 0 fully saturated rings. The predicted molar refractivity (Wildman–Crippen MR) is 81.0 cm³/mol. The van der Waals surface area contributed by atoms with E-state index in [4.69, 9.17) is 4.74 Å². The highest BCUT2D eigenvalue weighted by Gasteiger charge is 2.33. The number of aryl methyl sites for hydroxylation is 1. The van der Waals surface area contributed by atoms with Crippen LogP contribution in [0.4, 0.5) is 0 Å². The molecule has 2 aromatic rings. The maximum Gasteiger partial charge on any atom is 0.321 e. The summed E-state index contributed by atoms with van der Waals surface area (Å²) in [6, 6.07) is 7.67. The molecule has 0 radical (unpaired) electrons. The lowest BCUT2D eigenvalue weighted by Gasteiger charge is -2.17. The number of esters is 1. The number of halogens is 1. The third-order valence-electron chi connectivity index (χ3n) is 3.63. The van der Waals surface area contributed by atoms with Gasteiger partial charge in [-0.1, -0.05) is 34.1 Å². The van der Waals surface area contributed by atoms with Gasteiger partial charge in [0.15, 0.2) is 5.82 Å². The van der Waals surface area contributed by atoms with E-state index in [1.165, 1.54) is 0 Å². The number of nitrogens with zero attached hydrogens (tertiary/aromatic N) is 3. The van der Waals surface area contributed by atoms with Gasteiger partial charge in [0, 0.05) is 17.4 Å². The summed E-state index contributed by atoms with van der Waals surface area (Å²) in [6.07, 6.45) is 1.96. The molecule has 0 spiro atoms. The van der Waals surface area contributed by atoms with Crippen LogP contribution in [-0.2, 0) is 22.5 Å². The Kier molecular flexibility index (Phi) is 4.05. The highest BCUT2D eigenvalue weighted by atomic mass is 79.9. The molecule has 1 atom stereocenters. The average Bonchev–Trinajstić information content (AvgIpc) is 3.06. The number of hydrogen-bond donors (Lipinski definition) is 0. The molecule has 5 nitrogen and oxygen atoms in total. The number of carbonyl (C=O) groups excluding carboxylic acids is 1. The Labute approximate surface area is 131 Å². The molecule has 1 aliphatic rings. The van der Waals surface area contributed by atoms with Crippen molar-refractivity contribution in [1.29, 1.82) is 0 Å². The molecule has 0 N–H and O–H groups in total. The van der Waals surface area contributed by atoms with E-state index >= 15 is 0 Å². The molecule has 2 heterocycles. The van der Waals surface area contributed by atoms with Crippen LogP contribution in [0, 0.1) is 0 Å². The zero-order valence-electron chi connectivity index (χ0n) is 11.8. The van der Waals surface area contributed by atoms with Gasteiger partial charge in [0.1, 0.15) is 11.7 Å². The molecular formula is C15H16BrN3O2. The fourth-order valence-corrected chi connectivity index (χ4v) is 3.21. The van der Waals surface area contributed by atoms with Crippen LogP contribution in [0.3, 0.4) is 0 Å². The first kappa shape index (κ1) is 14.3. The van der Waals surface area contributed by atoms with Crippen molar-refractivity contribution in [3.05, 3.63) is 46.0 Å². The standard InChI is InChI=1S/C15H16BrN3O2/c1-2-21-15(20)13(10-6-3-4-7-11(10)16)14-18-17-12-8-5-9-19(12)14/h3-4,6-7,13H,2,5,8-9H2,1H3. The molecule has 0 amide bonds. The number of ether oxygens (including phenoxy) is 1. The van der Waals surface area contributed by atoms with Crippen LogP contribution in [0.2, 0.25) is 0 Å². The first-order valence-corrected chi connectivity index (χ1v) is 7.84. The van der Waals surface area contributed by atoms with Crippen LogP contribution in [0.15, 0.2) is 28.7 Å². The third kappa shape index (κ3) is 2.60. The summed E-state index contributed by atoms with van der Waals surface area (Å²) in [5, 5.41) is 8.46. The minimum Gasteiger partial charge on any atom is -0.465 e. The van der Waals surface area contributed by atoms with Crippen molar-refractivity contribution < 1.29 is 9.53 Å². The van der Waals surface area contributed by atoms with E-state index in [1.54, 1.807) is 0 Å². The van der Waals surface area contributed by atoms with Gasteiger partial charge in [-0.15, -0.1) is 10.2 Å². The van der Waals surface area contributed by atoms with Crippen LogP contribution in [-0.4, -0.2) is 27.3 Å². The van der Waals surface area contributed by atoms with Gasteiger partial charge in [0.05, 0.1) is 6.61 Å². The number of benzene rings is 1. The highest BCUT2D eigenvalue weighted by Crippen LogP contribution is 2.32. The van der Waals surface area contributed by atoms with Crippen molar-refractivity contribution in [2.24, 2.45) is 0 Å². The van der Waals surface area contributed by atoms with E-state index in [1.807, 2.05) is 35.8 Å². The molecule has 0 aliphatic carbocycles. The molecule has 110 valence electrons. The molecule has 0 bridgehead atoms. The second kappa shape index (κ2) is 5.97. The maximum atomic E-state index is 12.5. The van der Waals surface area contributed by atoms with Crippen LogP contribution < -0.4 is 0 Å². The number of carbonyl (C=O) groups is 1. The molecule has 1 aliphatic heterocycles. The van der Waals surface area contributed by atoms with Gasteiger partial charge in [-0.3, -0.25) is 4.79 Å². The normalized spacial score (nSPS) is 14.8. The Hall–Kier alpha value is -1.69. The van der Waals surface area contributed by atoms with E-state index in [-0.39, 0.29) is 5.97 Å². The third-order valence-corrected chi connectivity index (χ3v) is 4.36. The van der Waals surface area contributed by atoms with Crippen LogP contribution in [0.25, 0.3) is 0 Å². The monoisotopic (exact) mass is 349 g/mol. The Balaban J connectivity index is 2.08. The molecule has 1 aromatic carbocycles. The number of fused-ring (bicyclic) bond motifs is 1. The van der Waals surface area contributed by atoms with E-state index in [2.05, 4.69) is 26.1 Å². The highest BCUT2D eigenvalue weighted by molar-refractivity contribution is 9.10. The zero-order valence-corrected chi connectivity index (χ0v) is 13.3. The largest absolute Gasteiger partial charge is 0.465 e. The Bertz CT molecular complexity index is 669. The van der Waals surface area contributed by atoms with Gasteiger partial charge in [0.2, 0.25) is 0 Å². The maximum absolute atomic E-state index is 12.5. The second-order valence-electron chi connectivity index (χ2n) is 4.94. The minimum absolute atomic E-state index is 0.286. The number of rotatable bonds is 4. The molecular weight excluding hydrogens is 334 g/mol. The average molecular weight is 350 g/mol. The van der Waals surface area contributed by atoms with Crippen LogP contribution in [0.1, 0.15) is 36.5 Å². The fourth-order valence-electron chi connectivity index (χ4n) is 2.69. The Morgan fingerprint density at radius 2 is 2.24 bits per heavy atom. The van der Waals surface area contributed by atoms with Gasteiger partial charge >= 0.3 is 5.97 Å². The molecule has 0 saturated heterocycles. The summed E-state index contributed by atoms with van der Waals surface area (Å²) < 4.78 is 8.17. The molecule has 6 heteroatoms. The smallest absolute Gasteiger partial charge is 0.321 e. The lowest BCUT2D eigenvalue weighted by atomic mass is 9.98. The molecule has 21 heavy (non-hydrogen) atoms.